The van der Waals surface area contributed by atoms with E-state index in [0.29, 0.717) is 71.8 Å². The Bertz CT molecular complexity index is 2440. The topological polar surface area (TPSA) is 266 Å². The van der Waals surface area contributed by atoms with Gasteiger partial charge in [0.25, 0.3) is 20.2 Å². The van der Waals surface area contributed by atoms with E-state index in [2.05, 4.69) is 50.9 Å². The lowest BCUT2D eigenvalue weighted by atomic mass is 10.2. The molecule has 5 aromatic rings. The van der Waals surface area contributed by atoms with Gasteiger partial charge in [0, 0.05) is 44.1 Å². The average molecular weight is 910 g/mol. The molecule has 5 N–H and O–H groups in total. The van der Waals surface area contributed by atoms with Crippen LogP contribution in [0.3, 0.4) is 0 Å². The van der Waals surface area contributed by atoms with Crippen molar-refractivity contribution in [1.29, 1.82) is 0 Å². The summed E-state index contributed by atoms with van der Waals surface area (Å²) in [4.78, 5) is 17.6. The zero-order valence-corrected chi connectivity index (χ0v) is 37.2. The molecule has 0 unspecified atom stereocenters. The minimum atomic E-state index is -4.41. The van der Waals surface area contributed by atoms with Crippen molar-refractivity contribution in [3.05, 3.63) is 72.8 Å². The molecule has 5 rings (SSSR count). The largest absolute Gasteiger partial charge is 0.494 e. The fraction of sp³-hybridized carbons (Fsp3) is 0.308. The van der Waals surface area contributed by atoms with Gasteiger partial charge >= 0.3 is 0 Å². The molecule has 62 heavy (non-hydrogen) atoms. The summed E-state index contributed by atoms with van der Waals surface area (Å²) in [5.74, 6) is 1.47. The zero-order chi connectivity index (χ0) is 45.0. The number of aliphatic hydroxyl groups excluding tert-OH is 1. The summed E-state index contributed by atoms with van der Waals surface area (Å²) in [7, 11) is -5.74. The summed E-state index contributed by atoms with van der Waals surface area (Å²) in [5.41, 5.74) is 3.54. The standard InChI is InChI=1S/C39H47N11O9S3/c1-7-49(8-2)33-21-29(31(23-35(33)58-5)47-45-25-11-15-27(16-12-25)61(52,53)54)40-37-42-38(44-39(43-37)60-20-19-51)41-30-22-34(50(9-3)10-4)36(59-6)24-32(30)48-46-26-13-17-28(18-14-26)62(55,56)57/h11-18,21-24,51H,7-10,19-20H2,1-6H3,(H,52,53,54)(H,55,56,57)(H2,40,41,42,43,44). The van der Waals surface area contributed by atoms with Gasteiger partial charge in [-0.1, -0.05) is 11.8 Å². The molecule has 0 bridgehead atoms. The number of nitrogens with zero attached hydrogens (tertiary/aromatic N) is 9. The smallest absolute Gasteiger partial charge is 0.294 e. The maximum atomic E-state index is 11.6. The summed E-state index contributed by atoms with van der Waals surface area (Å²) in [6, 6.07) is 17.4. The third-order valence-electron chi connectivity index (χ3n) is 9.05. The molecule has 0 atom stereocenters. The fourth-order valence-corrected chi connectivity index (χ4v) is 7.47. The van der Waals surface area contributed by atoms with Crippen molar-refractivity contribution in [1.82, 2.24) is 15.0 Å². The Balaban J connectivity index is 1.62. The van der Waals surface area contributed by atoms with Crippen molar-refractivity contribution in [2.75, 3.05) is 73.2 Å². The lowest BCUT2D eigenvalue weighted by Crippen LogP contribution is -2.22. The fourth-order valence-electron chi connectivity index (χ4n) is 5.93. The van der Waals surface area contributed by atoms with Crippen molar-refractivity contribution >= 4 is 89.4 Å². The lowest BCUT2D eigenvalue weighted by molar-refractivity contribution is 0.322. The average Bonchev–Trinajstić information content (AvgIpc) is 3.25. The molecule has 0 saturated carbocycles. The molecule has 0 saturated heterocycles. The number of anilines is 6. The van der Waals surface area contributed by atoms with Gasteiger partial charge in [-0.3, -0.25) is 9.11 Å². The highest BCUT2D eigenvalue weighted by Crippen LogP contribution is 2.42. The molecule has 1 aromatic heterocycles. The second-order valence-corrected chi connectivity index (χ2v) is 16.8. The van der Waals surface area contributed by atoms with Crippen LogP contribution in [0.5, 0.6) is 11.5 Å². The van der Waals surface area contributed by atoms with E-state index in [0.717, 1.165) is 11.4 Å². The number of nitrogens with one attached hydrogen (secondary N) is 2. The van der Waals surface area contributed by atoms with Crippen LogP contribution in [0.15, 0.2) is 108 Å². The van der Waals surface area contributed by atoms with Crippen LogP contribution in [0, 0.1) is 0 Å². The van der Waals surface area contributed by atoms with E-state index in [1.54, 1.807) is 12.1 Å². The first kappa shape index (κ1) is 47.1. The third-order valence-corrected chi connectivity index (χ3v) is 11.6. The van der Waals surface area contributed by atoms with E-state index in [4.69, 9.17) is 14.5 Å². The lowest BCUT2D eigenvalue weighted by Gasteiger charge is -2.25. The van der Waals surface area contributed by atoms with E-state index < -0.39 is 20.2 Å². The maximum Gasteiger partial charge on any atom is 0.294 e. The molecular weight excluding hydrogens is 863 g/mol. The second kappa shape index (κ2) is 21.2. The molecule has 0 aliphatic rings. The highest BCUT2D eigenvalue weighted by atomic mass is 32.2. The number of aromatic nitrogens is 3. The molecule has 4 aromatic carbocycles. The van der Waals surface area contributed by atoms with Gasteiger partial charge in [0.2, 0.25) is 11.9 Å². The second-order valence-electron chi connectivity index (χ2n) is 12.9. The quantitative estimate of drug-likeness (QED) is 0.0262. The Labute approximate surface area is 364 Å². The predicted molar refractivity (Wildman–Crippen MR) is 238 cm³/mol. The first-order chi connectivity index (χ1) is 29.6. The molecule has 0 spiro atoms. The van der Waals surface area contributed by atoms with Gasteiger partial charge in [-0.2, -0.15) is 42.0 Å². The highest BCUT2D eigenvalue weighted by molar-refractivity contribution is 7.99. The number of azo groups is 2. The molecule has 23 heteroatoms. The molecular formula is C39H47N11O9S3. The number of thioether (sulfide) groups is 1. The summed E-state index contributed by atoms with van der Waals surface area (Å²) in [6.07, 6.45) is 0. The van der Waals surface area contributed by atoms with Crippen molar-refractivity contribution in [2.24, 2.45) is 20.5 Å². The summed E-state index contributed by atoms with van der Waals surface area (Å²) in [5, 5.41) is 34.0. The van der Waals surface area contributed by atoms with Gasteiger partial charge < -0.3 is 35.0 Å². The molecule has 0 radical (unpaired) electrons. The van der Waals surface area contributed by atoms with Gasteiger partial charge in [0.05, 0.1) is 64.7 Å². The monoisotopic (exact) mass is 909 g/mol. The minimum Gasteiger partial charge on any atom is -0.494 e. The van der Waals surface area contributed by atoms with E-state index in [1.807, 2.05) is 39.8 Å². The summed E-state index contributed by atoms with van der Waals surface area (Å²) in [6.45, 7) is 10.5. The van der Waals surface area contributed by atoms with Crippen LogP contribution in [0.4, 0.5) is 57.4 Å². The van der Waals surface area contributed by atoms with E-state index in [-0.39, 0.29) is 39.2 Å². The molecule has 0 aliphatic heterocycles. The Morgan fingerprint density at radius 1 is 0.613 bits per heavy atom. The molecule has 330 valence electrons. The minimum absolute atomic E-state index is 0.0899. The number of hydrogen-bond donors (Lipinski definition) is 5. The van der Waals surface area contributed by atoms with E-state index in [1.165, 1.54) is 74.5 Å². The Morgan fingerprint density at radius 3 is 1.32 bits per heavy atom. The van der Waals surface area contributed by atoms with Gasteiger partial charge in [0.1, 0.15) is 22.9 Å². The number of ether oxygens (including phenoxy) is 2. The van der Waals surface area contributed by atoms with Gasteiger partial charge in [0.15, 0.2) is 5.16 Å². The molecule has 1 heterocycles. The molecule has 20 nitrogen and oxygen atoms in total. The van der Waals surface area contributed by atoms with E-state index in [9.17, 15) is 31.0 Å². The predicted octanol–water partition coefficient (Wildman–Crippen LogP) is 8.48. The van der Waals surface area contributed by atoms with Gasteiger partial charge in [-0.25, -0.2) is 0 Å². The molecule has 0 fully saturated rings. The van der Waals surface area contributed by atoms with Crippen molar-refractivity contribution in [3.63, 3.8) is 0 Å². The number of hydrogen-bond acceptors (Lipinski definition) is 19. The molecule has 0 aliphatic carbocycles. The zero-order valence-electron chi connectivity index (χ0n) is 34.7. The number of methoxy groups -OCH3 is 2. The van der Waals surface area contributed by atoms with E-state index >= 15 is 0 Å². The van der Waals surface area contributed by atoms with Crippen LogP contribution < -0.4 is 29.9 Å². The highest BCUT2D eigenvalue weighted by Gasteiger charge is 2.20. The van der Waals surface area contributed by atoms with Crippen LogP contribution in [-0.4, -0.2) is 98.8 Å². The maximum absolute atomic E-state index is 11.6. The van der Waals surface area contributed by atoms with Crippen LogP contribution in [0.1, 0.15) is 27.7 Å². The summed E-state index contributed by atoms with van der Waals surface area (Å²) >= 11 is 1.19. The van der Waals surface area contributed by atoms with Crippen molar-refractivity contribution < 1.29 is 40.5 Å². The number of aliphatic hydroxyl groups is 1. The molecule has 0 amide bonds. The Kier molecular flexibility index (Phi) is 16.1. The third kappa shape index (κ3) is 12.1. The summed E-state index contributed by atoms with van der Waals surface area (Å²) < 4.78 is 76.7. The van der Waals surface area contributed by atoms with Crippen LogP contribution in [0.2, 0.25) is 0 Å². The van der Waals surface area contributed by atoms with Crippen LogP contribution in [-0.2, 0) is 20.2 Å². The van der Waals surface area contributed by atoms with Crippen LogP contribution in [0.25, 0.3) is 0 Å². The first-order valence-electron chi connectivity index (χ1n) is 19.1. The number of rotatable bonds is 21. The van der Waals surface area contributed by atoms with Gasteiger partial charge in [-0.05, 0) is 88.4 Å². The van der Waals surface area contributed by atoms with Crippen molar-refractivity contribution in [2.45, 2.75) is 42.6 Å². The van der Waals surface area contributed by atoms with Gasteiger partial charge in [-0.15, -0.1) is 10.2 Å². The number of benzene rings is 4. The van der Waals surface area contributed by atoms with Crippen LogP contribution >= 0.6 is 11.8 Å². The van der Waals surface area contributed by atoms with Crippen molar-refractivity contribution in [3.8, 4) is 11.5 Å². The SMILES string of the molecule is CCN(CC)c1cc(Nc2nc(Nc3cc(N(CC)CC)c(OC)cc3N=Nc3ccc(S(=O)(=O)O)cc3)nc(SCCO)n2)c(N=Nc2ccc(S(=O)(=O)O)cc2)cc1OC. The first-order valence-corrected chi connectivity index (χ1v) is 23.0. The Morgan fingerprint density at radius 2 is 1.00 bits per heavy atom. The Hall–Kier alpha value is -5.98. The normalized spacial score (nSPS) is 11.9.